The number of benzene rings is 1. The summed E-state index contributed by atoms with van der Waals surface area (Å²) in [6.07, 6.45) is 3.13. The summed E-state index contributed by atoms with van der Waals surface area (Å²) in [5.41, 5.74) is 8.33. The zero-order chi connectivity index (χ0) is 31.1. The van der Waals surface area contributed by atoms with Gasteiger partial charge < -0.3 is 19.7 Å². The standard InChI is InChI=1S/C31H40BrN7O3S/c1-7-43(41,42)38-13-12-23(19-38)34-29-26(32)18-33-28-17-27(35-30(28)29)25-16-20(2)39(21(25)3)24-10-8-22(9-11-24)31(40)37(6)15-14-36(4)5/h8-11,16,18,23H,7,12-15,17,19H2,1-6H3,(H,33,34)/t23-/m0/s1. The summed E-state index contributed by atoms with van der Waals surface area (Å²) in [5, 5.41) is 3.56. The first kappa shape index (κ1) is 31.4. The average molecular weight is 671 g/mol. The summed E-state index contributed by atoms with van der Waals surface area (Å²) in [7, 11) is 2.61. The van der Waals surface area contributed by atoms with Crippen LogP contribution in [-0.4, -0.2) is 103 Å². The predicted octanol–water partition coefficient (Wildman–Crippen LogP) is 4.40. The van der Waals surface area contributed by atoms with Crippen LogP contribution in [0.3, 0.4) is 0 Å². The number of fused-ring (bicyclic) bond motifs is 1. The summed E-state index contributed by atoms with van der Waals surface area (Å²) >= 11 is 3.64. The number of likely N-dealkylation sites (N-methyl/N-ethyl adjacent to an activating group) is 2. The molecule has 10 nitrogen and oxygen atoms in total. The predicted molar refractivity (Wildman–Crippen MR) is 176 cm³/mol. The number of nitrogens with one attached hydrogen (secondary N) is 1. The van der Waals surface area contributed by atoms with Gasteiger partial charge in [0, 0.05) is 80.1 Å². The molecule has 12 heteroatoms. The molecule has 1 N–H and O–H groups in total. The minimum Gasteiger partial charge on any atom is -0.378 e. The van der Waals surface area contributed by atoms with Gasteiger partial charge >= 0.3 is 0 Å². The van der Waals surface area contributed by atoms with E-state index in [0.29, 0.717) is 31.6 Å². The Hall–Kier alpha value is -3.06. The zero-order valence-electron chi connectivity index (χ0n) is 25.7. The van der Waals surface area contributed by atoms with Crippen LogP contribution in [0.15, 0.2) is 46.0 Å². The van der Waals surface area contributed by atoms with Gasteiger partial charge in [-0.25, -0.2) is 13.4 Å². The molecule has 43 heavy (non-hydrogen) atoms. The number of pyridine rings is 1. The van der Waals surface area contributed by atoms with Crippen LogP contribution in [0.4, 0.5) is 11.4 Å². The molecule has 0 radical (unpaired) electrons. The summed E-state index contributed by atoms with van der Waals surface area (Å²) in [6, 6.07) is 9.91. The highest BCUT2D eigenvalue weighted by atomic mass is 79.9. The van der Waals surface area contributed by atoms with Gasteiger partial charge in [0.05, 0.1) is 27.3 Å². The second-order valence-corrected chi connectivity index (χ2v) is 14.7. The number of carbonyl (C=O) groups is 1. The molecule has 0 aliphatic carbocycles. The first-order chi connectivity index (χ1) is 20.4. The van der Waals surface area contributed by atoms with E-state index in [1.54, 1.807) is 22.3 Å². The fraction of sp³-hybridized carbons (Fsp3) is 0.452. The highest BCUT2D eigenvalue weighted by molar-refractivity contribution is 9.10. The Labute approximate surface area is 263 Å². The third-order valence-electron chi connectivity index (χ3n) is 8.27. The summed E-state index contributed by atoms with van der Waals surface area (Å²) in [6.45, 7) is 8.27. The van der Waals surface area contributed by atoms with Gasteiger partial charge in [0.1, 0.15) is 5.69 Å². The number of sulfonamides is 1. The Morgan fingerprint density at radius 2 is 1.86 bits per heavy atom. The van der Waals surface area contributed by atoms with Gasteiger partial charge in [-0.3, -0.25) is 9.78 Å². The van der Waals surface area contributed by atoms with Crippen molar-refractivity contribution in [3.8, 4) is 5.69 Å². The molecule has 4 heterocycles. The molecule has 0 spiro atoms. The third-order valence-corrected chi connectivity index (χ3v) is 10.7. The number of rotatable bonds is 10. The van der Waals surface area contributed by atoms with Gasteiger partial charge in [-0.15, -0.1) is 0 Å². The Kier molecular flexibility index (Phi) is 9.12. The molecular weight excluding hydrogens is 630 g/mol. The minimum atomic E-state index is -3.22. The smallest absolute Gasteiger partial charge is 0.253 e. The molecule has 2 aliphatic rings. The van der Waals surface area contributed by atoms with Gasteiger partial charge in [0.2, 0.25) is 10.0 Å². The van der Waals surface area contributed by atoms with Crippen LogP contribution in [0.5, 0.6) is 0 Å². The maximum absolute atomic E-state index is 12.9. The van der Waals surface area contributed by atoms with Crippen LogP contribution in [-0.2, 0) is 16.4 Å². The molecule has 2 aromatic heterocycles. The van der Waals surface area contributed by atoms with Gasteiger partial charge in [0.25, 0.3) is 5.91 Å². The molecule has 5 rings (SSSR count). The number of anilines is 1. The van der Waals surface area contributed by atoms with Crippen LogP contribution < -0.4 is 5.32 Å². The van der Waals surface area contributed by atoms with Crippen molar-refractivity contribution >= 4 is 48.9 Å². The van der Waals surface area contributed by atoms with E-state index in [-0.39, 0.29) is 17.7 Å². The first-order valence-corrected chi connectivity index (χ1v) is 17.0. The number of hydrogen-bond donors (Lipinski definition) is 1. The molecule has 3 aromatic rings. The topological polar surface area (TPSA) is 103 Å². The van der Waals surface area contributed by atoms with E-state index in [1.807, 2.05) is 45.4 Å². The third kappa shape index (κ3) is 6.43. The van der Waals surface area contributed by atoms with Gasteiger partial charge in [-0.1, -0.05) is 0 Å². The lowest BCUT2D eigenvalue weighted by molar-refractivity contribution is 0.0786. The van der Waals surface area contributed by atoms with Crippen LogP contribution in [0.1, 0.15) is 46.3 Å². The minimum absolute atomic E-state index is 0.00364. The number of aryl methyl sites for hydroxylation is 1. The van der Waals surface area contributed by atoms with Crippen molar-refractivity contribution in [2.75, 3.05) is 58.4 Å². The second-order valence-electron chi connectivity index (χ2n) is 11.6. The quantitative estimate of drug-likeness (QED) is 0.343. The van der Waals surface area contributed by atoms with Crippen molar-refractivity contribution in [3.63, 3.8) is 0 Å². The fourth-order valence-corrected chi connectivity index (χ4v) is 7.32. The highest BCUT2D eigenvalue weighted by Crippen LogP contribution is 2.41. The maximum Gasteiger partial charge on any atom is 0.253 e. The van der Waals surface area contributed by atoms with Gasteiger partial charge in [-0.2, -0.15) is 4.31 Å². The molecule has 0 bridgehead atoms. The van der Waals surface area contributed by atoms with E-state index >= 15 is 0 Å². The van der Waals surface area contributed by atoms with E-state index in [0.717, 1.165) is 62.9 Å². The van der Waals surface area contributed by atoms with Gasteiger partial charge in [0.15, 0.2) is 0 Å². The SMILES string of the molecule is CCS(=O)(=O)N1CC[C@H](Nc2c(Br)cnc3c2N=C(c2cc(C)n(-c4ccc(C(=O)N(C)CCN(C)C)cc4)c2C)C3)C1. The number of aromatic nitrogens is 2. The van der Waals surface area contributed by atoms with E-state index in [4.69, 9.17) is 4.99 Å². The molecule has 0 saturated carbocycles. The number of halogens is 1. The maximum atomic E-state index is 12.9. The lowest BCUT2D eigenvalue weighted by Gasteiger charge is -2.20. The lowest BCUT2D eigenvalue weighted by Crippen LogP contribution is -2.33. The van der Waals surface area contributed by atoms with Crippen molar-refractivity contribution in [1.82, 2.24) is 23.7 Å². The van der Waals surface area contributed by atoms with Crippen molar-refractivity contribution in [3.05, 3.63) is 69.2 Å². The number of hydrogen-bond acceptors (Lipinski definition) is 7. The van der Waals surface area contributed by atoms with E-state index in [1.165, 1.54) is 0 Å². The van der Waals surface area contributed by atoms with E-state index < -0.39 is 10.0 Å². The van der Waals surface area contributed by atoms with Crippen molar-refractivity contribution in [2.45, 2.75) is 39.7 Å². The largest absolute Gasteiger partial charge is 0.378 e. The van der Waals surface area contributed by atoms with E-state index in [2.05, 4.69) is 55.6 Å². The average Bonchev–Trinajstić information content (AvgIpc) is 3.70. The van der Waals surface area contributed by atoms with Crippen molar-refractivity contribution in [1.29, 1.82) is 0 Å². The van der Waals surface area contributed by atoms with Crippen LogP contribution >= 0.6 is 15.9 Å². The molecule has 230 valence electrons. The van der Waals surface area contributed by atoms with Crippen LogP contribution in [0, 0.1) is 13.8 Å². The molecule has 2 aliphatic heterocycles. The molecule has 1 amide bonds. The zero-order valence-corrected chi connectivity index (χ0v) is 28.1. The number of nitrogens with zero attached hydrogens (tertiary/aromatic N) is 6. The molecule has 0 unspecified atom stereocenters. The Morgan fingerprint density at radius 3 is 2.53 bits per heavy atom. The molecule has 1 fully saturated rings. The number of aliphatic imine (C=N–C) groups is 1. The summed E-state index contributed by atoms with van der Waals surface area (Å²) in [4.78, 5) is 26.4. The molecule has 1 saturated heterocycles. The number of carbonyl (C=O) groups excluding carboxylic acids is 1. The van der Waals surface area contributed by atoms with Crippen LogP contribution in [0.2, 0.25) is 0 Å². The second kappa shape index (κ2) is 12.5. The summed E-state index contributed by atoms with van der Waals surface area (Å²) in [5.74, 6) is 0.116. The molecular formula is C31H40BrN7O3S. The lowest BCUT2D eigenvalue weighted by atomic mass is 10.1. The van der Waals surface area contributed by atoms with Gasteiger partial charge in [-0.05, 0) is 87.5 Å². The van der Waals surface area contributed by atoms with E-state index in [9.17, 15) is 13.2 Å². The monoisotopic (exact) mass is 669 g/mol. The normalized spacial score (nSPS) is 16.9. The first-order valence-electron chi connectivity index (χ1n) is 14.6. The fourth-order valence-electron chi connectivity index (χ4n) is 5.76. The van der Waals surface area contributed by atoms with Crippen LogP contribution in [0.25, 0.3) is 5.69 Å². The Balaban J connectivity index is 1.37. The molecule has 1 atom stereocenters. The Morgan fingerprint density at radius 1 is 1.14 bits per heavy atom. The van der Waals surface area contributed by atoms with Crippen molar-refractivity contribution < 1.29 is 13.2 Å². The summed E-state index contributed by atoms with van der Waals surface area (Å²) < 4.78 is 29.3. The Bertz CT molecular complexity index is 1670. The van der Waals surface area contributed by atoms with Crippen molar-refractivity contribution in [2.24, 2.45) is 4.99 Å². The highest BCUT2D eigenvalue weighted by Gasteiger charge is 2.32. The molecule has 1 aromatic carbocycles. The number of amides is 1.